The number of imidazole rings is 1. The Morgan fingerprint density at radius 2 is 2.19 bits per heavy atom. The predicted molar refractivity (Wildman–Crippen MR) is 72.9 cm³/mol. The van der Waals surface area contributed by atoms with Crippen molar-refractivity contribution in [3.05, 3.63) is 52.1 Å². The minimum atomic E-state index is -1.00. The summed E-state index contributed by atoms with van der Waals surface area (Å²) in [5, 5.41) is 13.5. The highest BCUT2D eigenvalue weighted by molar-refractivity contribution is 5.62. The Morgan fingerprint density at radius 3 is 2.86 bits per heavy atom. The summed E-state index contributed by atoms with van der Waals surface area (Å²) in [5.74, 6) is -1.37. The van der Waals surface area contributed by atoms with E-state index in [2.05, 4.69) is 10.3 Å². The minimum Gasteiger partial charge on any atom is -0.370 e. The fourth-order valence-corrected chi connectivity index (χ4v) is 2.00. The molecule has 1 N–H and O–H groups in total. The molecule has 1 heterocycles. The largest absolute Gasteiger partial charge is 0.370 e. The zero-order valence-electron chi connectivity index (χ0n) is 11.3. The molecular weight excluding hydrogens is 282 g/mol. The maximum atomic E-state index is 13.7. The smallest absolute Gasteiger partial charge is 0.298 e. The SMILES string of the molecule is CCCn1ccnc1CNc1c(F)cc(F)cc1[N+](=O)[O-]. The Labute approximate surface area is 119 Å². The highest BCUT2D eigenvalue weighted by Crippen LogP contribution is 2.28. The van der Waals surface area contributed by atoms with Crippen molar-refractivity contribution < 1.29 is 13.7 Å². The lowest BCUT2D eigenvalue weighted by atomic mass is 10.2. The van der Waals surface area contributed by atoms with Crippen LogP contribution in [0, 0.1) is 21.7 Å². The average Bonchev–Trinajstić information content (AvgIpc) is 2.85. The van der Waals surface area contributed by atoms with Gasteiger partial charge in [-0.05, 0) is 6.42 Å². The summed E-state index contributed by atoms with van der Waals surface area (Å²) in [7, 11) is 0. The predicted octanol–water partition coefficient (Wildman–Crippen LogP) is 3.09. The molecule has 0 atom stereocenters. The first-order valence-corrected chi connectivity index (χ1v) is 6.40. The quantitative estimate of drug-likeness (QED) is 0.656. The van der Waals surface area contributed by atoms with Gasteiger partial charge in [-0.15, -0.1) is 0 Å². The zero-order valence-corrected chi connectivity index (χ0v) is 11.3. The third-order valence-corrected chi connectivity index (χ3v) is 2.92. The van der Waals surface area contributed by atoms with Gasteiger partial charge in [0.1, 0.15) is 17.3 Å². The Bertz CT molecular complexity index is 658. The monoisotopic (exact) mass is 296 g/mol. The van der Waals surface area contributed by atoms with Crippen LogP contribution in [0.2, 0.25) is 0 Å². The lowest BCUT2D eigenvalue weighted by molar-refractivity contribution is -0.384. The Hall–Kier alpha value is -2.51. The first-order chi connectivity index (χ1) is 10.0. The van der Waals surface area contributed by atoms with Gasteiger partial charge >= 0.3 is 0 Å². The van der Waals surface area contributed by atoms with Gasteiger partial charge < -0.3 is 9.88 Å². The second-order valence-electron chi connectivity index (χ2n) is 4.43. The summed E-state index contributed by atoms with van der Waals surface area (Å²) < 4.78 is 28.6. The van der Waals surface area contributed by atoms with Crippen LogP contribution in [0.25, 0.3) is 0 Å². The molecule has 0 spiro atoms. The van der Waals surface area contributed by atoms with Crippen molar-refractivity contribution in [3.63, 3.8) is 0 Å². The fraction of sp³-hybridized carbons (Fsp3) is 0.308. The summed E-state index contributed by atoms with van der Waals surface area (Å²) in [6.07, 6.45) is 4.27. The Kier molecular flexibility index (Phi) is 4.46. The van der Waals surface area contributed by atoms with Crippen LogP contribution >= 0.6 is 0 Å². The van der Waals surface area contributed by atoms with E-state index in [1.807, 2.05) is 11.5 Å². The standard InChI is InChI=1S/C13H14F2N4O2/c1-2-4-18-5-3-16-12(18)8-17-13-10(15)6-9(14)7-11(13)19(20)21/h3,5-7,17H,2,4,8H2,1H3. The number of hydrogen-bond donors (Lipinski definition) is 1. The summed E-state index contributed by atoms with van der Waals surface area (Å²) in [5.41, 5.74) is -0.978. The average molecular weight is 296 g/mol. The molecule has 0 aliphatic carbocycles. The molecule has 0 aliphatic heterocycles. The van der Waals surface area contributed by atoms with E-state index in [4.69, 9.17) is 0 Å². The number of rotatable bonds is 6. The van der Waals surface area contributed by atoms with Crippen molar-refractivity contribution >= 4 is 11.4 Å². The number of halogens is 2. The Balaban J connectivity index is 2.23. The zero-order chi connectivity index (χ0) is 15.4. The van der Waals surface area contributed by atoms with Crippen LogP contribution < -0.4 is 5.32 Å². The van der Waals surface area contributed by atoms with Crippen molar-refractivity contribution in [2.24, 2.45) is 0 Å². The molecule has 6 nitrogen and oxygen atoms in total. The molecule has 8 heteroatoms. The summed E-state index contributed by atoms with van der Waals surface area (Å²) >= 11 is 0. The molecule has 1 aromatic heterocycles. The van der Waals surface area contributed by atoms with E-state index in [-0.39, 0.29) is 12.2 Å². The highest BCUT2D eigenvalue weighted by Gasteiger charge is 2.20. The van der Waals surface area contributed by atoms with Gasteiger partial charge in [-0.1, -0.05) is 6.92 Å². The number of nitro groups is 1. The van der Waals surface area contributed by atoms with Crippen LogP contribution in [0.4, 0.5) is 20.2 Å². The molecule has 2 rings (SSSR count). The fourth-order valence-electron chi connectivity index (χ4n) is 2.00. The lowest BCUT2D eigenvalue weighted by Crippen LogP contribution is -2.10. The third kappa shape index (κ3) is 3.33. The van der Waals surface area contributed by atoms with Crippen LogP contribution in [-0.4, -0.2) is 14.5 Å². The van der Waals surface area contributed by atoms with E-state index in [0.717, 1.165) is 13.0 Å². The van der Waals surface area contributed by atoms with Crippen LogP contribution in [0.1, 0.15) is 19.2 Å². The number of nitro benzene ring substituents is 1. The van der Waals surface area contributed by atoms with Gasteiger partial charge in [0.25, 0.3) is 5.69 Å². The molecule has 0 saturated heterocycles. The van der Waals surface area contributed by atoms with E-state index in [0.29, 0.717) is 18.0 Å². The number of hydrogen-bond acceptors (Lipinski definition) is 4. The van der Waals surface area contributed by atoms with Crippen molar-refractivity contribution in [2.75, 3.05) is 5.32 Å². The van der Waals surface area contributed by atoms with Crippen molar-refractivity contribution in [1.82, 2.24) is 9.55 Å². The van der Waals surface area contributed by atoms with Gasteiger partial charge in [-0.25, -0.2) is 13.8 Å². The van der Waals surface area contributed by atoms with Crippen molar-refractivity contribution in [1.29, 1.82) is 0 Å². The number of benzene rings is 1. The highest BCUT2D eigenvalue weighted by atomic mass is 19.1. The molecule has 112 valence electrons. The molecule has 0 saturated carbocycles. The first-order valence-electron chi connectivity index (χ1n) is 6.40. The lowest BCUT2D eigenvalue weighted by Gasteiger charge is -2.10. The minimum absolute atomic E-state index is 0.108. The van der Waals surface area contributed by atoms with E-state index >= 15 is 0 Å². The number of nitrogens with zero attached hydrogens (tertiary/aromatic N) is 3. The molecular formula is C13H14F2N4O2. The molecule has 0 bridgehead atoms. The van der Waals surface area contributed by atoms with Gasteiger partial charge in [0, 0.05) is 25.0 Å². The number of nitrogens with one attached hydrogen (secondary N) is 1. The summed E-state index contributed by atoms with van der Waals surface area (Å²) in [6.45, 7) is 2.85. The molecule has 0 unspecified atom stereocenters. The summed E-state index contributed by atoms with van der Waals surface area (Å²) in [6, 6.07) is 1.29. The van der Waals surface area contributed by atoms with E-state index < -0.39 is 22.2 Å². The van der Waals surface area contributed by atoms with Crippen LogP contribution in [0.3, 0.4) is 0 Å². The van der Waals surface area contributed by atoms with Crippen molar-refractivity contribution in [3.8, 4) is 0 Å². The molecule has 0 radical (unpaired) electrons. The normalized spacial score (nSPS) is 10.6. The van der Waals surface area contributed by atoms with Gasteiger partial charge in [0.15, 0.2) is 5.82 Å². The third-order valence-electron chi connectivity index (χ3n) is 2.92. The molecule has 0 fully saturated rings. The maximum Gasteiger partial charge on any atom is 0.298 e. The van der Waals surface area contributed by atoms with Gasteiger partial charge in [-0.3, -0.25) is 10.1 Å². The molecule has 0 aliphatic rings. The second kappa shape index (κ2) is 6.29. The van der Waals surface area contributed by atoms with Crippen molar-refractivity contribution in [2.45, 2.75) is 26.4 Å². The van der Waals surface area contributed by atoms with Crippen LogP contribution in [0.5, 0.6) is 0 Å². The van der Waals surface area contributed by atoms with Crippen LogP contribution in [0.15, 0.2) is 24.5 Å². The van der Waals surface area contributed by atoms with E-state index in [1.54, 1.807) is 12.4 Å². The molecule has 21 heavy (non-hydrogen) atoms. The number of anilines is 1. The molecule has 2 aromatic rings. The second-order valence-corrected chi connectivity index (χ2v) is 4.43. The molecule has 0 amide bonds. The number of aryl methyl sites for hydroxylation is 1. The van der Waals surface area contributed by atoms with Crippen LogP contribution in [-0.2, 0) is 13.1 Å². The number of aromatic nitrogens is 2. The van der Waals surface area contributed by atoms with E-state index in [1.165, 1.54) is 0 Å². The topological polar surface area (TPSA) is 73.0 Å². The Morgan fingerprint density at radius 1 is 1.43 bits per heavy atom. The van der Waals surface area contributed by atoms with Gasteiger partial charge in [-0.2, -0.15) is 0 Å². The van der Waals surface area contributed by atoms with Gasteiger partial charge in [0.2, 0.25) is 0 Å². The first kappa shape index (κ1) is 14.9. The molecule has 1 aromatic carbocycles. The summed E-state index contributed by atoms with van der Waals surface area (Å²) in [4.78, 5) is 14.1. The van der Waals surface area contributed by atoms with E-state index in [9.17, 15) is 18.9 Å². The van der Waals surface area contributed by atoms with Gasteiger partial charge in [0.05, 0.1) is 17.5 Å². The maximum absolute atomic E-state index is 13.7.